The average molecular weight is 375 g/mol. The Labute approximate surface area is 160 Å². The fourth-order valence-electron chi connectivity index (χ4n) is 3.53. The maximum absolute atomic E-state index is 13.0. The number of benzene rings is 1. The SMILES string of the molecule is CCOC(=O)C(CCCc1ccccc1)C(=O)C1CCN(C(=O)OC)CC1. The standard InChI is InChI=1S/C21H29NO5/c1-3-27-20(24)18(11-7-10-16-8-5-4-6-9-16)19(23)17-12-14-22(15-13-17)21(25)26-2/h4-6,8-9,17-18H,3,7,10-15H2,1-2H3. The number of amides is 1. The van der Waals surface area contributed by atoms with Gasteiger partial charge in [0.25, 0.3) is 0 Å². The van der Waals surface area contributed by atoms with Crippen molar-refractivity contribution in [2.75, 3.05) is 26.8 Å². The Morgan fingerprint density at radius 1 is 1.15 bits per heavy atom. The Bertz CT molecular complexity index is 623. The smallest absolute Gasteiger partial charge is 0.409 e. The number of carbonyl (C=O) groups is 3. The molecule has 1 amide bonds. The molecule has 0 radical (unpaired) electrons. The number of likely N-dealkylation sites (tertiary alicyclic amines) is 1. The minimum Gasteiger partial charge on any atom is -0.465 e. The minimum atomic E-state index is -0.719. The summed E-state index contributed by atoms with van der Waals surface area (Å²) in [7, 11) is 1.35. The van der Waals surface area contributed by atoms with Crippen LogP contribution in [0.15, 0.2) is 30.3 Å². The summed E-state index contributed by atoms with van der Waals surface area (Å²) in [5.74, 6) is -1.41. The molecule has 0 saturated carbocycles. The highest BCUT2D eigenvalue weighted by atomic mass is 16.5. The quantitative estimate of drug-likeness (QED) is 0.515. The van der Waals surface area contributed by atoms with E-state index in [0.29, 0.717) is 32.4 Å². The zero-order valence-corrected chi connectivity index (χ0v) is 16.2. The molecule has 148 valence electrons. The van der Waals surface area contributed by atoms with Gasteiger partial charge in [0, 0.05) is 19.0 Å². The zero-order chi connectivity index (χ0) is 19.6. The number of Topliss-reactive ketones (excluding diaryl/α,β-unsaturated/α-hetero) is 1. The number of rotatable bonds is 8. The molecule has 0 spiro atoms. The summed E-state index contributed by atoms with van der Waals surface area (Å²) in [4.78, 5) is 38.5. The molecule has 0 aliphatic carbocycles. The van der Waals surface area contributed by atoms with Crippen LogP contribution in [0.25, 0.3) is 0 Å². The number of nitrogens with zero attached hydrogens (tertiary/aromatic N) is 1. The fraction of sp³-hybridized carbons (Fsp3) is 0.571. The molecule has 6 heteroatoms. The first-order valence-corrected chi connectivity index (χ1v) is 9.64. The van der Waals surface area contributed by atoms with Gasteiger partial charge in [0.15, 0.2) is 0 Å². The van der Waals surface area contributed by atoms with E-state index < -0.39 is 11.9 Å². The molecule has 0 aromatic heterocycles. The third-order valence-electron chi connectivity index (χ3n) is 5.05. The average Bonchev–Trinajstić information content (AvgIpc) is 2.71. The van der Waals surface area contributed by atoms with Crippen molar-refractivity contribution in [3.8, 4) is 0 Å². The van der Waals surface area contributed by atoms with Gasteiger partial charge in [-0.15, -0.1) is 0 Å². The van der Waals surface area contributed by atoms with Crippen molar-refractivity contribution >= 4 is 17.8 Å². The Kier molecular flexibility index (Phi) is 8.30. The van der Waals surface area contributed by atoms with E-state index in [4.69, 9.17) is 9.47 Å². The van der Waals surface area contributed by atoms with Crippen LogP contribution in [0.3, 0.4) is 0 Å². The Balaban J connectivity index is 1.93. The molecular formula is C21H29NO5. The molecule has 1 aliphatic heterocycles. The maximum Gasteiger partial charge on any atom is 0.409 e. The lowest BCUT2D eigenvalue weighted by atomic mass is 9.83. The topological polar surface area (TPSA) is 72.9 Å². The van der Waals surface area contributed by atoms with Gasteiger partial charge < -0.3 is 14.4 Å². The molecule has 0 N–H and O–H groups in total. The van der Waals surface area contributed by atoms with E-state index in [0.717, 1.165) is 12.8 Å². The first kappa shape index (κ1) is 20.9. The van der Waals surface area contributed by atoms with Gasteiger partial charge >= 0.3 is 12.1 Å². The third kappa shape index (κ3) is 6.08. The van der Waals surface area contributed by atoms with Crippen molar-refractivity contribution in [2.45, 2.75) is 39.0 Å². The van der Waals surface area contributed by atoms with Crippen LogP contribution in [0, 0.1) is 11.8 Å². The molecule has 1 heterocycles. The van der Waals surface area contributed by atoms with Crippen LogP contribution in [-0.4, -0.2) is 49.6 Å². The molecule has 1 atom stereocenters. The lowest BCUT2D eigenvalue weighted by Crippen LogP contribution is -2.42. The van der Waals surface area contributed by atoms with Crippen molar-refractivity contribution in [3.63, 3.8) is 0 Å². The van der Waals surface area contributed by atoms with Gasteiger partial charge in [-0.3, -0.25) is 9.59 Å². The molecule has 1 aliphatic rings. The van der Waals surface area contributed by atoms with Crippen molar-refractivity contribution in [1.82, 2.24) is 4.90 Å². The molecule has 1 aromatic carbocycles. The van der Waals surface area contributed by atoms with Crippen LogP contribution in [0.1, 0.15) is 38.2 Å². The highest BCUT2D eigenvalue weighted by molar-refractivity contribution is 6.00. The maximum atomic E-state index is 13.0. The van der Waals surface area contributed by atoms with Gasteiger partial charge in [0.2, 0.25) is 0 Å². The summed E-state index contributed by atoms with van der Waals surface area (Å²) in [6.07, 6.45) is 2.81. The molecule has 1 unspecified atom stereocenters. The van der Waals surface area contributed by atoms with Gasteiger partial charge in [-0.05, 0) is 44.6 Å². The predicted octanol–water partition coefficient (Wildman–Crippen LogP) is 3.24. The molecule has 6 nitrogen and oxygen atoms in total. The molecule has 1 saturated heterocycles. The summed E-state index contributed by atoms with van der Waals surface area (Å²) >= 11 is 0. The zero-order valence-electron chi connectivity index (χ0n) is 16.2. The number of ketones is 1. The lowest BCUT2D eigenvalue weighted by Gasteiger charge is -2.31. The summed E-state index contributed by atoms with van der Waals surface area (Å²) in [5, 5.41) is 0. The molecular weight excluding hydrogens is 346 g/mol. The van der Waals surface area contributed by atoms with Crippen molar-refractivity contribution < 1.29 is 23.9 Å². The molecule has 1 fully saturated rings. The molecule has 0 bridgehead atoms. The van der Waals surface area contributed by atoms with E-state index in [9.17, 15) is 14.4 Å². The van der Waals surface area contributed by atoms with Gasteiger partial charge in [0.05, 0.1) is 13.7 Å². The Morgan fingerprint density at radius 3 is 2.41 bits per heavy atom. The van der Waals surface area contributed by atoms with Crippen LogP contribution in [0.5, 0.6) is 0 Å². The van der Waals surface area contributed by atoms with Gasteiger partial charge in [-0.25, -0.2) is 4.79 Å². The van der Waals surface area contributed by atoms with E-state index in [1.807, 2.05) is 30.3 Å². The third-order valence-corrected chi connectivity index (χ3v) is 5.05. The molecule has 2 rings (SSSR count). The monoisotopic (exact) mass is 375 g/mol. The van der Waals surface area contributed by atoms with Gasteiger partial charge in [-0.1, -0.05) is 30.3 Å². The van der Waals surface area contributed by atoms with Gasteiger partial charge in [-0.2, -0.15) is 0 Å². The van der Waals surface area contributed by atoms with E-state index in [1.165, 1.54) is 12.7 Å². The number of carbonyl (C=O) groups excluding carboxylic acids is 3. The lowest BCUT2D eigenvalue weighted by molar-refractivity contribution is -0.153. The minimum absolute atomic E-state index is 0.0500. The largest absolute Gasteiger partial charge is 0.465 e. The number of piperidine rings is 1. The highest BCUT2D eigenvalue weighted by Crippen LogP contribution is 2.25. The van der Waals surface area contributed by atoms with Crippen molar-refractivity contribution in [3.05, 3.63) is 35.9 Å². The Morgan fingerprint density at radius 2 is 1.81 bits per heavy atom. The van der Waals surface area contributed by atoms with Crippen LogP contribution in [0.2, 0.25) is 0 Å². The number of ether oxygens (including phenoxy) is 2. The highest BCUT2D eigenvalue weighted by Gasteiger charge is 2.35. The van der Waals surface area contributed by atoms with Crippen molar-refractivity contribution in [1.29, 1.82) is 0 Å². The van der Waals surface area contributed by atoms with Crippen LogP contribution in [0.4, 0.5) is 4.79 Å². The van der Waals surface area contributed by atoms with E-state index in [2.05, 4.69) is 0 Å². The molecule has 27 heavy (non-hydrogen) atoms. The molecule has 1 aromatic rings. The van der Waals surface area contributed by atoms with Crippen molar-refractivity contribution in [2.24, 2.45) is 11.8 Å². The number of esters is 1. The Hall–Kier alpha value is -2.37. The second-order valence-electron chi connectivity index (χ2n) is 6.82. The summed E-state index contributed by atoms with van der Waals surface area (Å²) in [6.45, 7) is 2.96. The first-order chi connectivity index (χ1) is 13.1. The summed E-state index contributed by atoms with van der Waals surface area (Å²) in [5.41, 5.74) is 1.19. The van der Waals surface area contributed by atoms with Crippen LogP contribution < -0.4 is 0 Å². The second kappa shape index (κ2) is 10.7. The van der Waals surface area contributed by atoms with Gasteiger partial charge in [0.1, 0.15) is 11.7 Å². The second-order valence-corrected chi connectivity index (χ2v) is 6.82. The van der Waals surface area contributed by atoms with Crippen LogP contribution >= 0.6 is 0 Å². The number of methoxy groups -OCH3 is 1. The summed E-state index contributed by atoms with van der Waals surface area (Å²) in [6, 6.07) is 10.0. The predicted molar refractivity (Wildman–Crippen MR) is 101 cm³/mol. The van der Waals surface area contributed by atoms with Crippen LogP contribution in [-0.2, 0) is 25.5 Å². The van der Waals surface area contributed by atoms with E-state index >= 15 is 0 Å². The van der Waals surface area contributed by atoms with E-state index in [1.54, 1.807) is 11.8 Å². The number of hydrogen-bond donors (Lipinski definition) is 0. The fourth-order valence-corrected chi connectivity index (χ4v) is 3.53. The normalized spacial score (nSPS) is 15.9. The number of aryl methyl sites for hydroxylation is 1. The van der Waals surface area contributed by atoms with E-state index in [-0.39, 0.29) is 24.4 Å². The summed E-state index contributed by atoms with van der Waals surface area (Å²) < 4.78 is 9.88. The first-order valence-electron chi connectivity index (χ1n) is 9.64. The number of hydrogen-bond acceptors (Lipinski definition) is 5.